The summed E-state index contributed by atoms with van der Waals surface area (Å²) in [5.41, 5.74) is -0.169. The van der Waals surface area contributed by atoms with Gasteiger partial charge in [0.1, 0.15) is 23.4 Å². The molecule has 0 spiro atoms. The number of hydrogen-bond acceptors (Lipinski definition) is 3. The quantitative estimate of drug-likeness (QED) is 0.243. The van der Waals surface area contributed by atoms with Crippen molar-refractivity contribution in [3.63, 3.8) is 0 Å². The first kappa shape index (κ1) is 25.5. The highest BCUT2D eigenvalue weighted by molar-refractivity contribution is 5.96. The number of alkyl halides is 3. The van der Waals surface area contributed by atoms with Crippen molar-refractivity contribution >= 4 is 16.8 Å². The molecule has 5 nitrogen and oxygen atoms in total. The summed E-state index contributed by atoms with van der Waals surface area (Å²) in [5, 5.41) is 0.725. The summed E-state index contributed by atoms with van der Waals surface area (Å²) in [6.07, 6.45) is -4.54. The molecule has 3 aromatic carbocycles. The second-order valence-electron chi connectivity index (χ2n) is 8.78. The number of fused-ring (bicyclic) bond motifs is 3. The Morgan fingerprint density at radius 2 is 1.68 bits per heavy atom. The minimum Gasteiger partial charge on any atom is -0.497 e. The van der Waals surface area contributed by atoms with Gasteiger partial charge in [0.05, 0.1) is 19.8 Å². The summed E-state index contributed by atoms with van der Waals surface area (Å²) in [6.45, 7) is -0.0352. The first-order valence-electron chi connectivity index (χ1n) is 11.4. The Kier molecular flexibility index (Phi) is 6.24. The van der Waals surface area contributed by atoms with E-state index in [1.165, 1.54) is 13.2 Å². The van der Waals surface area contributed by atoms with Crippen LogP contribution in [0.2, 0.25) is 0 Å². The number of methoxy groups -OCH3 is 2. The minimum atomic E-state index is -4.81. The van der Waals surface area contributed by atoms with Crippen LogP contribution in [0.3, 0.4) is 0 Å². The largest absolute Gasteiger partial charge is 0.497 e. The molecule has 0 fully saturated rings. The van der Waals surface area contributed by atoms with Gasteiger partial charge in [-0.05, 0) is 54.4 Å². The Balaban J connectivity index is 1.69. The van der Waals surface area contributed by atoms with Gasteiger partial charge in [-0.25, -0.2) is 13.2 Å². The van der Waals surface area contributed by atoms with Crippen molar-refractivity contribution in [1.29, 1.82) is 0 Å². The molecule has 1 amide bonds. The zero-order valence-corrected chi connectivity index (χ0v) is 20.1. The van der Waals surface area contributed by atoms with Gasteiger partial charge in [-0.3, -0.25) is 4.79 Å². The molecule has 198 valence electrons. The molecule has 2 heterocycles. The van der Waals surface area contributed by atoms with Gasteiger partial charge >= 0.3 is 6.18 Å². The van der Waals surface area contributed by atoms with Gasteiger partial charge in [0, 0.05) is 40.3 Å². The average Bonchev–Trinajstić information content (AvgIpc) is 3.27. The number of H-pyrrole nitrogens is 1. The van der Waals surface area contributed by atoms with Crippen LogP contribution in [-0.4, -0.2) is 36.6 Å². The van der Waals surface area contributed by atoms with Crippen molar-refractivity contribution in [3.05, 3.63) is 93.9 Å². The lowest BCUT2D eigenvalue weighted by Crippen LogP contribution is -2.41. The van der Waals surface area contributed by atoms with Crippen LogP contribution in [-0.2, 0) is 12.6 Å². The molecule has 0 saturated heterocycles. The first-order chi connectivity index (χ1) is 18.0. The van der Waals surface area contributed by atoms with Crippen molar-refractivity contribution in [1.82, 2.24) is 9.88 Å². The molecular weight excluding hydrogens is 514 g/mol. The third-order valence-electron chi connectivity index (χ3n) is 6.68. The van der Waals surface area contributed by atoms with Crippen LogP contribution in [0.5, 0.6) is 11.5 Å². The Hall–Kier alpha value is -4.15. The fourth-order valence-electron chi connectivity index (χ4n) is 4.91. The summed E-state index contributed by atoms with van der Waals surface area (Å²) in [4.78, 5) is 17.9. The summed E-state index contributed by atoms with van der Waals surface area (Å²) in [6, 6.07) is 7.76. The lowest BCUT2D eigenvalue weighted by Gasteiger charge is -2.36. The van der Waals surface area contributed by atoms with Crippen molar-refractivity contribution in [2.45, 2.75) is 18.6 Å². The molecule has 1 atom stereocenters. The highest BCUT2D eigenvalue weighted by Gasteiger charge is 2.39. The summed E-state index contributed by atoms with van der Waals surface area (Å²) >= 11 is 0. The van der Waals surface area contributed by atoms with Gasteiger partial charge in [-0.15, -0.1) is 0 Å². The number of benzene rings is 3. The summed E-state index contributed by atoms with van der Waals surface area (Å²) in [5.74, 6) is -4.63. The first-order valence-corrected chi connectivity index (χ1v) is 11.4. The lowest BCUT2D eigenvalue weighted by molar-refractivity contribution is -0.138. The second-order valence-corrected chi connectivity index (χ2v) is 8.78. The van der Waals surface area contributed by atoms with E-state index in [1.807, 2.05) is 0 Å². The molecular formula is C27H20F6N2O3. The zero-order chi connectivity index (χ0) is 27.4. The third-order valence-corrected chi connectivity index (χ3v) is 6.68. The maximum absolute atomic E-state index is 15.1. The van der Waals surface area contributed by atoms with Crippen molar-refractivity contribution < 1.29 is 40.6 Å². The number of rotatable bonds is 4. The van der Waals surface area contributed by atoms with E-state index in [0.29, 0.717) is 40.7 Å². The SMILES string of the molecule is COc1ccc2[nH]c3c(c2c1)CCN(C(=O)c1ccc(OC)c(C(F)(F)F)c1)C3c1cc(F)c(F)cc1F. The highest BCUT2D eigenvalue weighted by atomic mass is 19.4. The predicted molar refractivity (Wildman–Crippen MR) is 126 cm³/mol. The van der Waals surface area contributed by atoms with Crippen LogP contribution in [0.4, 0.5) is 26.3 Å². The van der Waals surface area contributed by atoms with Crippen molar-refractivity contribution in [2.24, 2.45) is 0 Å². The fraction of sp³-hybridized carbons (Fsp3) is 0.222. The molecule has 0 radical (unpaired) electrons. The van der Waals surface area contributed by atoms with Gasteiger partial charge in [0.25, 0.3) is 5.91 Å². The van der Waals surface area contributed by atoms with Crippen LogP contribution in [0.15, 0.2) is 48.5 Å². The van der Waals surface area contributed by atoms with Crippen LogP contribution < -0.4 is 9.47 Å². The predicted octanol–water partition coefficient (Wildman–Crippen LogP) is 6.41. The number of hydrogen-bond donors (Lipinski definition) is 1. The average molecular weight is 534 g/mol. The van der Waals surface area contributed by atoms with E-state index in [2.05, 4.69) is 4.98 Å². The van der Waals surface area contributed by atoms with Crippen molar-refractivity contribution in [3.8, 4) is 11.5 Å². The molecule has 5 rings (SSSR count). The van der Waals surface area contributed by atoms with Gasteiger partial charge in [0.15, 0.2) is 11.6 Å². The smallest absolute Gasteiger partial charge is 0.419 e. The minimum absolute atomic E-state index is 0.0352. The highest BCUT2D eigenvalue weighted by Crippen LogP contribution is 2.42. The van der Waals surface area contributed by atoms with Crippen LogP contribution in [0, 0.1) is 17.5 Å². The number of aromatic amines is 1. The number of carbonyl (C=O) groups excluding carboxylic acids is 1. The molecule has 1 N–H and O–H groups in total. The van der Waals surface area contributed by atoms with Crippen LogP contribution in [0.25, 0.3) is 10.9 Å². The fourth-order valence-corrected chi connectivity index (χ4v) is 4.91. The molecule has 0 bridgehead atoms. The number of amides is 1. The van der Waals surface area contributed by atoms with Crippen LogP contribution >= 0.6 is 0 Å². The molecule has 11 heteroatoms. The van der Waals surface area contributed by atoms with E-state index in [-0.39, 0.29) is 24.1 Å². The number of carbonyl (C=O) groups is 1. The molecule has 0 aliphatic carbocycles. The topological polar surface area (TPSA) is 54.6 Å². The summed E-state index contributed by atoms with van der Waals surface area (Å²) in [7, 11) is 2.56. The lowest BCUT2D eigenvalue weighted by atomic mass is 9.91. The standard InChI is InChI=1S/C27H20F6N2O3/c1-37-14-4-5-22-16(10-14)15-7-8-35(25(24(15)34-22)17-11-20(29)21(30)12-19(17)28)26(36)13-3-6-23(38-2)18(9-13)27(31,32)33/h3-6,9-12,25,34H,7-8H2,1-2H3. The molecule has 1 aromatic heterocycles. The number of ether oxygens (including phenoxy) is 2. The maximum Gasteiger partial charge on any atom is 0.419 e. The molecule has 4 aromatic rings. The molecule has 1 aliphatic heterocycles. The second kappa shape index (κ2) is 9.30. The zero-order valence-electron chi connectivity index (χ0n) is 20.1. The molecule has 1 unspecified atom stereocenters. The Labute approximate surface area is 212 Å². The van der Waals surface area contributed by atoms with Gasteiger partial charge < -0.3 is 19.4 Å². The third kappa shape index (κ3) is 4.21. The van der Waals surface area contributed by atoms with E-state index in [9.17, 15) is 26.7 Å². The monoisotopic (exact) mass is 534 g/mol. The van der Waals surface area contributed by atoms with Crippen molar-refractivity contribution in [2.75, 3.05) is 20.8 Å². The number of aromatic nitrogens is 1. The maximum atomic E-state index is 15.1. The molecule has 38 heavy (non-hydrogen) atoms. The Morgan fingerprint density at radius 3 is 2.37 bits per heavy atom. The molecule has 1 aliphatic rings. The Bertz CT molecular complexity index is 1560. The van der Waals surface area contributed by atoms with Crippen LogP contribution in [0.1, 0.15) is 38.8 Å². The van der Waals surface area contributed by atoms with E-state index >= 15 is 4.39 Å². The summed E-state index contributed by atoms with van der Waals surface area (Å²) < 4.78 is 94.1. The number of nitrogens with one attached hydrogen (secondary N) is 1. The van der Waals surface area contributed by atoms with Gasteiger partial charge in [-0.2, -0.15) is 13.2 Å². The van der Waals surface area contributed by atoms with E-state index in [1.54, 1.807) is 18.2 Å². The van der Waals surface area contributed by atoms with Gasteiger partial charge in [-0.1, -0.05) is 0 Å². The molecule has 0 saturated carbocycles. The van der Waals surface area contributed by atoms with E-state index in [0.717, 1.165) is 23.5 Å². The Morgan fingerprint density at radius 1 is 0.947 bits per heavy atom. The normalized spacial score (nSPS) is 15.5. The van der Waals surface area contributed by atoms with Gasteiger partial charge in [0.2, 0.25) is 0 Å². The number of nitrogens with zero attached hydrogens (tertiary/aromatic N) is 1. The number of halogens is 6. The van der Waals surface area contributed by atoms with E-state index < -0.39 is 46.9 Å². The van der Waals surface area contributed by atoms with E-state index in [4.69, 9.17) is 9.47 Å².